The molecule has 0 atom stereocenters. The van der Waals surface area contributed by atoms with Crippen molar-refractivity contribution in [2.45, 2.75) is 55.5 Å². The molecule has 3 aliphatic rings. The van der Waals surface area contributed by atoms with E-state index in [2.05, 4.69) is 29.6 Å². The van der Waals surface area contributed by atoms with E-state index in [0.717, 1.165) is 67.5 Å². The number of hydrogen-bond acceptors (Lipinski definition) is 4. The summed E-state index contributed by atoms with van der Waals surface area (Å²) in [5, 5.41) is 3.53. The van der Waals surface area contributed by atoms with Gasteiger partial charge in [0.05, 0.1) is 17.0 Å². The van der Waals surface area contributed by atoms with Crippen molar-refractivity contribution >= 4 is 17.7 Å². The van der Waals surface area contributed by atoms with Crippen molar-refractivity contribution in [1.82, 2.24) is 14.9 Å². The van der Waals surface area contributed by atoms with E-state index in [4.69, 9.17) is 4.98 Å². The van der Waals surface area contributed by atoms with Crippen LogP contribution in [0.5, 0.6) is 0 Å². The molecule has 1 N–H and O–H groups in total. The van der Waals surface area contributed by atoms with Gasteiger partial charge in [0, 0.05) is 23.7 Å². The second kappa shape index (κ2) is 8.15. The number of benzene rings is 1. The van der Waals surface area contributed by atoms with Gasteiger partial charge in [-0.05, 0) is 43.7 Å². The molecule has 1 heterocycles. The summed E-state index contributed by atoms with van der Waals surface area (Å²) in [7, 11) is 1.78. The van der Waals surface area contributed by atoms with Crippen molar-refractivity contribution in [1.29, 1.82) is 0 Å². The van der Waals surface area contributed by atoms with Crippen LogP contribution < -0.4 is 10.9 Å². The number of nitrogens with zero attached hydrogens (tertiary/aromatic N) is 2. The topological polar surface area (TPSA) is 64.0 Å². The Morgan fingerprint density at radius 3 is 2.81 bits per heavy atom. The number of hydrogen-bond donors (Lipinski definition) is 1. The zero-order valence-electron chi connectivity index (χ0n) is 17.8. The van der Waals surface area contributed by atoms with Crippen molar-refractivity contribution in [3.63, 3.8) is 0 Å². The molecule has 0 bridgehead atoms. The maximum absolute atomic E-state index is 13.6. The number of rotatable bonds is 4. The van der Waals surface area contributed by atoms with Gasteiger partial charge >= 0.3 is 0 Å². The standard InChI is InChI=1S/C25H27N3O2S/c1-28-23(30)21-22(19-12-6-5-9-17(19)15-25(21)13-7-8-14-25)27-24(28)31-16-20(29)26-18-10-3-2-4-11-18/h3,5-6,9-12H,2,4,7-8,13-16H2,1H3,(H,26,29). The van der Waals surface area contributed by atoms with Crippen LogP contribution in [0.2, 0.25) is 0 Å². The van der Waals surface area contributed by atoms with E-state index in [1.807, 2.05) is 18.2 Å². The fraction of sp³-hybridized carbons (Fsp3) is 0.400. The number of amides is 1. The summed E-state index contributed by atoms with van der Waals surface area (Å²) in [6.07, 6.45) is 13.3. The molecule has 3 aliphatic carbocycles. The van der Waals surface area contributed by atoms with Crippen molar-refractivity contribution in [2.24, 2.45) is 7.05 Å². The molecule has 1 aromatic carbocycles. The molecular weight excluding hydrogens is 406 g/mol. The fourth-order valence-electron chi connectivity index (χ4n) is 5.25. The average Bonchev–Trinajstić information content (AvgIpc) is 3.24. The van der Waals surface area contributed by atoms with Gasteiger partial charge in [-0.25, -0.2) is 4.98 Å². The Kier molecular flexibility index (Phi) is 5.34. The van der Waals surface area contributed by atoms with Gasteiger partial charge in [0.25, 0.3) is 5.56 Å². The Balaban J connectivity index is 1.48. The van der Waals surface area contributed by atoms with Crippen LogP contribution in [-0.4, -0.2) is 21.2 Å². The van der Waals surface area contributed by atoms with Crippen molar-refractivity contribution < 1.29 is 4.79 Å². The second-order valence-electron chi connectivity index (χ2n) is 8.78. The van der Waals surface area contributed by atoms with Crippen LogP contribution in [0.1, 0.15) is 49.7 Å². The molecule has 1 fully saturated rings. The van der Waals surface area contributed by atoms with Crippen LogP contribution in [0.4, 0.5) is 0 Å². The Hall–Kier alpha value is -2.60. The number of thioether (sulfide) groups is 1. The molecule has 6 heteroatoms. The smallest absolute Gasteiger partial charge is 0.258 e. The van der Waals surface area contributed by atoms with E-state index in [1.165, 1.54) is 17.3 Å². The number of aromatic nitrogens is 2. The summed E-state index contributed by atoms with van der Waals surface area (Å²) in [4.78, 5) is 31.0. The van der Waals surface area contributed by atoms with E-state index in [0.29, 0.717) is 5.16 Å². The van der Waals surface area contributed by atoms with Gasteiger partial charge in [0.2, 0.25) is 5.91 Å². The molecule has 0 aliphatic heterocycles. The Labute approximate surface area is 186 Å². The molecule has 2 aromatic rings. The summed E-state index contributed by atoms with van der Waals surface area (Å²) >= 11 is 1.32. The lowest BCUT2D eigenvalue weighted by Crippen LogP contribution is -2.39. The van der Waals surface area contributed by atoms with Gasteiger partial charge in [0.1, 0.15) is 0 Å². The van der Waals surface area contributed by atoms with E-state index in [-0.39, 0.29) is 22.6 Å². The number of nitrogens with one attached hydrogen (secondary N) is 1. The molecule has 0 saturated heterocycles. The maximum atomic E-state index is 13.6. The van der Waals surface area contributed by atoms with Crippen LogP contribution in [-0.2, 0) is 23.7 Å². The Morgan fingerprint density at radius 2 is 2.03 bits per heavy atom. The Morgan fingerprint density at radius 1 is 1.23 bits per heavy atom. The predicted octanol–water partition coefficient (Wildman–Crippen LogP) is 4.26. The summed E-state index contributed by atoms with van der Waals surface area (Å²) in [5.74, 6) is 0.138. The van der Waals surface area contributed by atoms with Crippen LogP contribution in [0, 0.1) is 0 Å². The third-order valence-electron chi connectivity index (χ3n) is 6.75. The van der Waals surface area contributed by atoms with Crippen LogP contribution in [0.25, 0.3) is 11.3 Å². The molecule has 1 saturated carbocycles. The maximum Gasteiger partial charge on any atom is 0.258 e. The Bertz CT molecular complexity index is 1160. The van der Waals surface area contributed by atoms with Crippen LogP contribution in [0.15, 0.2) is 58.1 Å². The van der Waals surface area contributed by atoms with E-state index in [1.54, 1.807) is 11.6 Å². The molecule has 1 amide bonds. The lowest BCUT2D eigenvalue weighted by molar-refractivity contribution is -0.117. The zero-order valence-corrected chi connectivity index (χ0v) is 18.6. The average molecular weight is 434 g/mol. The lowest BCUT2D eigenvalue weighted by Gasteiger charge is -2.36. The molecular formula is C25H27N3O2S. The van der Waals surface area contributed by atoms with Crippen molar-refractivity contribution in [2.75, 3.05) is 5.75 Å². The molecule has 1 spiro atoms. The van der Waals surface area contributed by atoms with Crippen molar-refractivity contribution in [3.05, 3.63) is 69.7 Å². The lowest BCUT2D eigenvalue weighted by atomic mass is 9.68. The van der Waals surface area contributed by atoms with Crippen LogP contribution in [0.3, 0.4) is 0 Å². The zero-order chi connectivity index (χ0) is 21.4. The molecule has 5 rings (SSSR count). The fourth-order valence-corrected chi connectivity index (χ4v) is 6.02. The SMILES string of the molecule is Cn1c(SCC(=O)NC2=CCCC=C2)nc2c(c1=O)C1(CCCC1)Cc1ccccc1-2. The monoisotopic (exact) mass is 433 g/mol. The third-order valence-corrected chi connectivity index (χ3v) is 7.78. The normalized spacial score (nSPS) is 18.4. The molecule has 0 unspecified atom stereocenters. The number of allylic oxidation sites excluding steroid dienone is 3. The molecule has 160 valence electrons. The van der Waals surface area contributed by atoms with E-state index in [9.17, 15) is 9.59 Å². The van der Waals surface area contributed by atoms with Gasteiger partial charge in [-0.2, -0.15) is 0 Å². The number of fused-ring (bicyclic) bond motifs is 4. The molecule has 31 heavy (non-hydrogen) atoms. The second-order valence-corrected chi connectivity index (χ2v) is 9.72. The minimum absolute atomic E-state index is 0.0437. The summed E-state index contributed by atoms with van der Waals surface area (Å²) in [5.41, 5.74) is 4.86. The first-order valence-electron chi connectivity index (χ1n) is 11.1. The molecule has 1 aromatic heterocycles. The highest BCUT2D eigenvalue weighted by atomic mass is 32.2. The van der Waals surface area contributed by atoms with E-state index >= 15 is 0 Å². The third kappa shape index (κ3) is 3.67. The summed E-state index contributed by atoms with van der Waals surface area (Å²) in [6, 6.07) is 8.33. The van der Waals surface area contributed by atoms with Crippen LogP contribution >= 0.6 is 11.8 Å². The number of carbonyl (C=O) groups excluding carboxylic acids is 1. The summed E-state index contributed by atoms with van der Waals surface area (Å²) in [6.45, 7) is 0. The molecule has 0 radical (unpaired) electrons. The van der Waals surface area contributed by atoms with E-state index < -0.39 is 0 Å². The highest BCUT2D eigenvalue weighted by molar-refractivity contribution is 7.99. The highest BCUT2D eigenvalue weighted by Crippen LogP contribution is 2.49. The van der Waals surface area contributed by atoms with Gasteiger partial charge < -0.3 is 5.32 Å². The first kappa shape index (κ1) is 20.3. The minimum Gasteiger partial charge on any atom is -0.326 e. The number of carbonyl (C=O) groups is 1. The molecule has 5 nitrogen and oxygen atoms in total. The first-order valence-corrected chi connectivity index (χ1v) is 12.1. The van der Waals surface area contributed by atoms with Crippen molar-refractivity contribution in [3.8, 4) is 11.3 Å². The quantitative estimate of drug-likeness (QED) is 0.578. The minimum atomic E-state index is -0.0914. The predicted molar refractivity (Wildman–Crippen MR) is 124 cm³/mol. The highest BCUT2D eigenvalue weighted by Gasteiger charge is 2.44. The van der Waals surface area contributed by atoms with Gasteiger partial charge in [-0.15, -0.1) is 0 Å². The largest absolute Gasteiger partial charge is 0.326 e. The first-order chi connectivity index (χ1) is 15.1. The van der Waals surface area contributed by atoms with Gasteiger partial charge in [0.15, 0.2) is 5.16 Å². The van der Waals surface area contributed by atoms with Gasteiger partial charge in [-0.3, -0.25) is 14.2 Å². The summed E-state index contributed by atoms with van der Waals surface area (Å²) < 4.78 is 1.64. The van der Waals surface area contributed by atoms with Gasteiger partial charge in [-0.1, -0.05) is 61.0 Å².